The van der Waals surface area contributed by atoms with E-state index in [1.807, 2.05) is 12.1 Å². The van der Waals surface area contributed by atoms with Crippen molar-refractivity contribution < 1.29 is 23.4 Å². The quantitative estimate of drug-likeness (QED) is 0.430. The molecule has 2 aliphatic heterocycles. The van der Waals surface area contributed by atoms with Crippen molar-refractivity contribution in [2.45, 2.75) is 37.6 Å². The molecule has 3 aromatic rings. The van der Waals surface area contributed by atoms with Gasteiger partial charge in [-0.1, -0.05) is 0 Å². The summed E-state index contributed by atoms with van der Waals surface area (Å²) in [5, 5.41) is 11.5. The molecule has 1 amide bonds. The van der Waals surface area contributed by atoms with E-state index in [4.69, 9.17) is 4.74 Å². The van der Waals surface area contributed by atoms with Gasteiger partial charge in [-0.15, -0.1) is 0 Å². The van der Waals surface area contributed by atoms with E-state index in [0.717, 1.165) is 56.1 Å². The number of amides is 1. The van der Waals surface area contributed by atoms with Crippen LogP contribution in [-0.2, 0) is 4.79 Å². The number of ether oxygens (including phenoxy) is 1. The molecular weight excluding hydrogens is 488 g/mol. The summed E-state index contributed by atoms with van der Waals surface area (Å²) in [7, 11) is 1.68. The van der Waals surface area contributed by atoms with Crippen LogP contribution in [0.25, 0.3) is 17.0 Å². The molecule has 1 unspecified atom stereocenters. The molecule has 3 heterocycles. The first-order chi connectivity index (χ1) is 18.4. The summed E-state index contributed by atoms with van der Waals surface area (Å²) in [6.45, 7) is 3.20. The van der Waals surface area contributed by atoms with Crippen molar-refractivity contribution in [1.82, 2.24) is 14.8 Å². The molecule has 2 aliphatic rings. The molecular formula is C30H35F2N3O3. The third-order valence-corrected chi connectivity index (χ3v) is 8.25. The third-order valence-electron chi connectivity index (χ3n) is 8.25. The molecule has 6 nitrogen and oxygen atoms in total. The van der Waals surface area contributed by atoms with Crippen LogP contribution in [0, 0.1) is 17.6 Å². The number of piperidine rings is 2. The highest BCUT2D eigenvalue weighted by Crippen LogP contribution is 2.36. The molecule has 2 fully saturated rings. The SMILES string of the molecule is COc1ccc2c(C3CCN(C(CO)C4CCN(C(=O)/C=C/c5cc(F)cc(F)c5)CC4)CC3)c[nH]c2c1. The summed E-state index contributed by atoms with van der Waals surface area (Å²) in [5.74, 6) is 0.148. The minimum absolute atomic E-state index is 0.0891. The largest absolute Gasteiger partial charge is 0.497 e. The Morgan fingerprint density at radius 3 is 2.45 bits per heavy atom. The van der Waals surface area contributed by atoms with Gasteiger partial charge in [0.1, 0.15) is 17.4 Å². The molecule has 5 rings (SSSR count). The average Bonchev–Trinajstić information content (AvgIpc) is 3.35. The Kier molecular flexibility index (Phi) is 8.09. The van der Waals surface area contributed by atoms with Gasteiger partial charge in [0, 0.05) is 54.4 Å². The Hall–Kier alpha value is -3.23. The second kappa shape index (κ2) is 11.7. The van der Waals surface area contributed by atoms with Crippen LogP contribution in [0.2, 0.25) is 0 Å². The molecule has 1 aromatic heterocycles. The molecule has 0 aliphatic carbocycles. The molecule has 8 heteroatoms. The highest BCUT2D eigenvalue weighted by molar-refractivity contribution is 5.91. The summed E-state index contributed by atoms with van der Waals surface area (Å²) in [5.41, 5.74) is 2.76. The number of halogens is 2. The van der Waals surface area contributed by atoms with Gasteiger partial charge < -0.3 is 19.7 Å². The maximum atomic E-state index is 13.4. The van der Waals surface area contributed by atoms with Crippen molar-refractivity contribution in [3.63, 3.8) is 0 Å². The number of aromatic amines is 1. The number of H-pyrrole nitrogens is 1. The summed E-state index contributed by atoms with van der Waals surface area (Å²) in [6, 6.07) is 9.46. The Morgan fingerprint density at radius 1 is 1.08 bits per heavy atom. The van der Waals surface area contributed by atoms with Gasteiger partial charge in [-0.25, -0.2) is 8.78 Å². The van der Waals surface area contributed by atoms with Crippen molar-refractivity contribution >= 4 is 22.9 Å². The van der Waals surface area contributed by atoms with Crippen molar-refractivity contribution in [2.75, 3.05) is 39.9 Å². The maximum absolute atomic E-state index is 13.4. The fourth-order valence-electron chi connectivity index (χ4n) is 6.15. The number of aromatic nitrogens is 1. The van der Waals surface area contributed by atoms with Crippen LogP contribution in [0.4, 0.5) is 8.78 Å². The van der Waals surface area contributed by atoms with Crippen LogP contribution in [0.3, 0.4) is 0 Å². The van der Waals surface area contributed by atoms with E-state index in [1.54, 1.807) is 12.0 Å². The lowest BCUT2D eigenvalue weighted by molar-refractivity contribution is -0.127. The van der Waals surface area contributed by atoms with Crippen molar-refractivity contribution in [3.05, 3.63) is 71.4 Å². The van der Waals surface area contributed by atoms with Gasteiger partial charge in [-0.2, -0.15) is 0 Å². The monoisotopic (exact) mass is 523 g/mol. The lowest BCUT2D eigenvalue weighted by Crippen LogP contribution is -2.50. The lowest BCUT2D eigenvalue weighted by atomic mass is 9.84. The number of benzene rings is 2. The van der Waals surface area contributed by atoms with Crippen LogP contribution in [0.1, 0.15) is 42.7 Å². The molecule has 0 spiro atoms. The van der Waals surface area contributed by atoms with E-state index in [0.29, 0.717) is 30.5 Å². The number of methoxy groups -OCH3 is 1. The number of hydrogen-bond donors (Lipinski definition) is 2. The topological polar surface area (TPSA) is 68.8 Å². The van der Waals surface area contributed by atoms with Crippen LogP contribution in [0.5, 0.6) is 5.75 Å². The van der Waals surface area contributed by atoms with E-state index in [2.05, 4.69) is 22.1 Å². The predicted octanol–water partition coefficient (Wildman–Crippen LogP) is 4.95. The molecule has 0 bridgehead atoms. The molecule has 2 N–H and O–H groups in total. The van der Waals surface area contributed by atoms with Gasteiger partial charge in [0.05, 0.1) is 13.7 Å². The third kappa shape index (κ3) is 5.76. The zero-order valence-electron chi connectivity index (χ0n) is 21.7. The van der Waals surface area contributed by atoms with Crippen molar-refractivity contribution in [2.24, 2.45) is 5.92 Å². The minimum Gasteiger partial charge on any atom is -0.497 e. The fourth-order valence-corrected chi connectivity index (χ4v) is 6.15. The second-order valence-electron chi connectivity index (χ2n) is 10.4. The van der Waals surface area contributed by atoms with Crippen LogP contribution >= 0.6 is 0 Å². The second-order valence-corrected chi connectivity index (χ2v) is 10.4. The van der Waals surface area contributed by atoms with Crippen LogP contribution in [-0.4, -0.2) is 71.7 Å². The van der Waals surface area contributed by atoms with Gasteiger partial charge >= 0.3 is 0 Å². The van der Waals surface area contributed by atoms with Crippen LogP contribution in [0.15, 0.2) is 48.7 Å². The smallest absolute Gasteiger partial charge is 0.246 e. The minimum atomic E-state index is -0.667. The maximum Gasteiger partial charge on any atom is 0.246 e. The number of nitrogens with one attached hydrogen (secondary N) is 1. The summed E-state index contributed by atoms with van der Waals surface area (Å²) in [6.07, 6.45) is 8.68. The van der Waals surface area contributed by atoms with Gasteiger partial charge in [-0.05, 0) is 92.1 Å². The van der Waals surface area contributed by atoms with E-state index < -0.39 is 11.6 Å². The number of fused-ring (bicyclic) bond motifs is 1. The average molecular weight is 524 g/mol. The Bertz CT molecular complexity index is 1270. The number of likely N-dealkylation sites (tertiary alicyclic amines) is 2. The molecule has 0 radical (unpaired) electrons. The highest BCUT2D eigenvalue weighted by atomic mass is 19.1. The summed E-state index contributed by atoms with van der Waals surface area (Å²) < 4.78 is 32.1. The van der Waals surface area contributed by atoms with Gasteiger partial charge in [0.25, 0.3) is 0 Å². The van der Waals surface area contributed by atoms with E-state index in [9.17, 15) is 18.7 Å². The van der Waals surface area contributed by atoms with Crippen LogP contribution < -0.4 is 4.74 Å². The van der Waals surface area contributed by atoms with E-state index in [1.165, 1.54) is 35.2 Å². The number of carbonyl (C=O) groups is 1. The first kappa shape index (κ1) is 26.4. The number of hydrogen-bond acceptors (Lipinski definition) is 4. The number of aliphatic hydroxyl groups excluding tert-OH is 1. The number of nitrogens with zero attached hydrogens (tertiary/aromatic N) is 2. The highest BCUT2D eigenvalue weighted by Gasteiger charge is 2.34. The van der Waals surface area contributed by atoms with Gasteiger partial charge in [-0.3, -0.25) is 9.69 Å². The molecule has 38 heavy (non-hydrogen) atoms. The number of aliphatic hydroxyl groups is 1. The first-order valence-electron chi connectivity index (χ1n) is 13.4. The number of carbonyl (C=O) groups excluding carboxylic acids is 1. The molecule has 1 atom stereocenters. The lowest BCUT2D eigenvalue weighted by Gasteiger charge is -2.43. The fraction of sp³-hybridized carbons (Fsp3) is 0.433. The Labute approximate surface area is 221 Å². The zero-order chi connectivity index (χ0) is 26.6. The molecule has 202 valence electrons. The molecule has 0 saturated carbocycles. The van der Waals surface area contributed by atoms with Crippen molar-refractivity contribution in [3.8, 4) is 5.75 Å². The Morgan fingerprint density at radius 2 is 1.79 bits per heavy atom. The van der Waals surface area contributed by atoms with E-state index in [-0.39, 0.29) is 18.6 Å². The molecule has 2 saturated heterocycles. The normalized spacial score (nSPS) is 18.9. The standard InChI is InChI=1S/C30H35F2N3O3/c1-38-25-3-4-26-27(18-33-28(26)17-25)21-6-10-34(11-7-21)29(19-36)22-8-12-35(13-9-22)30(37)5-2-20-14-23(31)16-24(32)15-20/h2-5,14-18,21-22,29,33,36H,6-13,19H2,1H3/b5-2+. The van der Waals surface area contributed by atoms with E-state index >= 15 is 0 Å². The molecule has 2 aromatic carbocycles. The number of rotatable bonds is 7. The predicted molar refractivity (Wildman–Crippen MR) is 144 cm³/mol. The Balaban J connectivity index is 1.14. The summed E-state index contributed by atoms with van der Waals surface area (Å²) >= 11 is 0. The van der Waals surface area contributed by atoms with Crippen molar-refractivity contribution in [1.29, 1.82) is 0 Å². The van der Waals surface area contributed by atoms with Gasteiger partial charge in [0.2, 0.25) is 5.91 Å². The van der Waals surface area contributed by atoms with Gasteiger partial charge in [0.15, 0.2) is 0 Å². The first-order valence-corrected chi connectivity index (χ1v) is 13.4. The zero-order valence-corrected chi connectivity index (χ0v) is 21.7. The summed E-state index contributed by atoms with van der Waals surface area (Å²) in [4.78, 5) is 20.2.